The minimum absolute atomic E-state index is 0.0465. The maximum Gasteiger partial charge on any atom is 0.346 e. The number of halogens is 3. The Balaban J connectivity index is 1.46. The molecular formula is C29H29F3O3. The van der Waals surface area contributed by atoms with Crippen LogP contribution in [0.2, 0.25) is 0 Å². The molecule has 1 fully saturated rings. The first-order chi connectivity index (χ1) is 16.9. The lowest BCUT2D eigenvalue weighted by molar-refractivity contribution is 0.0729. The Bertz CT molecular complexity index is 1180. The van der Waals surface area contributed by atoms with Gasteiger partial charge in [0, 0.05) is 12.2 Å². The Morgan fingerprint density at radius 1 is 0.914 bits per heavy atom. The van der Waals surface area contributed by atoms with E-state index in [0.29, 0.717) is 29.2 Å². The Labute approximate surface area is 203 Å². The predicted octanol–water partition coefficient (Wildman–Crippen LogP) is 7.82. The van der Waals surface area contributed by atoms with E-state index in [1.807, 2.05) is 6.92 Å². The molecule has 0 unspecified atom stereocenters. The molecule has 4 rings (SSSR count). The maximum absolute atomic E-state index is 15.0. The highest BCUT2D eigenvalue weighted by Gasteiger charge is 2.25. The molecule has 0 radical (unpaired) electrons. The number of ether oxygens (including phenoxy) is 2. The number of carbonyl (C=O) groups excluding carboxylic acids is 1. The molecule has 3 aromatic carbocycles. The van der Waals surface area contributed by atoms with Gasteiger partial charge in [-0.2, -0.15) is 0 Å². The second kappa shape index (κ2) is 11.1. The van der Waals surface area contributed by atoms with Crippen LogP contribution < -0.4 is 4.74 Å². The molecule has 0 aliphatic heterocycles. The van der Waals surface area contributed by atoms with Gasteiger partial charge in [-0.15, -0.1) is 0 Å². The topological polar surface area (TPSA) is 35.5 Å². The number of carbonyl (C=O) groups is 1. The summed E-state index contributed by atoms with van der Waals surface area (Å²) in [5, 5.41) is 0. The molecule has 1 saturated carbocycles. The first-order valence-electron chi connectivity index (χ1n) is 12.0. The van der Waals surface area contributed by atoms with Crippen molar-refractivity contribution in [2.75, 3.05) is 6.61 Å². The zero-order valence-corrected chi connectivity index (χ0v) is 20.0. The first kappa shape index (κ1) is 25.0. The predicted molar refractivity (Wildman–Crippen MR) is 129 cm³/mol. The van der Waals surface area contributed by atoms with E-state index in [1.165, 1.54) is 24.3 Å². The van der Waals surface area contributed by atoms with Crippen LogP contribution in [0.1, 0.15) is 66.9 Å². The van der Waals surface area contributed by atoms with Gasteiger partial charge < -0.3 is 9.47 Å². The second-order valence-corrected chi connectivity index (χ2v) is 9.15. The molecule has 1 aliphatic carbocycles. The lowest BCUT2D eigenvalue weighted by Gasteiger charge is -2.27. The minimum atomic E-state index is -0.875. The zero-order valence-electron chi connectivity index (χ0n) is 20.0. The lowest BCUT2D eigenvalue weighted by atomic mass is 9.79. The van der Waals surface area contributed by atoms with Crippen LogP contribution in [-0.4, -0.2) is 12.6 Å². The number of hydrogen-bond donors (Lipinski definition) is 0. The molecule has 0 atom stereocenters. The van der Waals surface area contributed by atoms with E-state index in [1.54, 1.807) is 30.3 Å². The summed E-state index contributed by atoms with van der Waals surface area (Å²) in [6.45, 7) is 4.78. The molecule has 3 aromatic rings. The molecule has 35 heavy (non-hydrogen) atoms. The van der Waals surface area contributed by atoms with E-state index in [0.717, 1.165) is 25.7 Å². The van der Waals surface area contributed by atoms with Gasteiger partial charge in [-0.05, 0) is 72.6 Å². The number of rotatable bonds is 7. The van der Waals surface area contributed by atoms with Crippen LogP contribution in [0, 0.1) is 23.4 Å². The monoisotopic (exact) mass is 482 g/mol. The van der Waals surface area contributed by atoms with Crippen molar-refractivity contribution in [3.8, 4) is 16.9 Å². The van der Waals surface area contributed by atoms with Crippen LogP contribution in [0.25, 0.3) is 11.1 Å². The van der Waals surface area contributed by atoms with E-state index in [4.69, 9.17) is 9.47 Å². The number of esters is 1. The summed E-state index contributed by atoms with van der Waals surface area (Å²) in [4.78, 5) is 12.4. The number of hydrogen-bond acceptors (Lipinski definition) is 3. The van der Waals surface area contributed by atoms with E-state index >= 15 is 0 Å². The van der Waals surface area contributed by atoms with Crippen LogP contribution in [0.3, 0.4) is 0 Å². The molecule has 0 spiro atoms. The number of benzene rings is 3. The van der Waals surface area contributed by atoms with Gasteiger partial charge >= 0.3 is 5.97 Å². The molecule has 0 N–H and O–H groups in total. The summed E-state index contributed by atoms with van der Waals surface area (Å²) < 4.78 is 54.7. The largest absolute Gasteiger partial charge is 0.423 e. The molecular weight excluding hydrogens is 453 g/mol. The molecule has 184 valence electrons. The summed E-state index contributed by atoms with van der Waals surface area (Å²) in [5.74, 6) is -2.37. The summed E-state index contributed by atoms with van der Waals surface area (Å²) in [5.41, 5.74) is 1.46. The molecule has 3 nitrogen and oxygen atoms in total. The molecule has 0 bridgehead atoms. The fourth-order valence-corrected chi connectivity index (χ4v) is 4.57. The zero-order chi connectivity index (χ0) is 24.9. The van der Waals surface area contributed by atoms with Crippen LogP contribution in [0.5, 0.6) is 5.75 Å². The molecule has 0 aromatic heterocycles. The summed E-state index contributed by atoms with van der Waals surface area (Å²) in [6.07, 6.45) is 3.78. The van der Waals surface area contributed by atoms with Crippen molar-refractivity contribution in [2.24, 2.45) is 5.92 Å². The average molecular weight is 483 g/mol. The van der Waals surface area contributed by atoms with Gasteiger partial charge in [0.05, 0.1) is 12.2 Å². The van der Waals surface area contributed by atoms with Gasteiger partial charge in [0.25, 0.3) is 0 Å². The first-order valence-corrected chi connectivity index (χ1v) is 12.0. The van der Waals surface area contributed by atoms with Gasteiger partial charge in [-0.25, -0.2) is 18.0 Å². The van der Waals surface area contributed by atoms with Crippen molar-refractivity contribution < 1.29 is 27.4 Å². The van der Waals surface area contributed by atoms with Gasteiger partial charge in [0.1, 0.15) is 11.6 Å². The van der Waals surface area contributed by atoms with Gasteiger partial charge in [0.2, 0.25) is 0 Å². The average Bonchev–Trinajstić information content (AvgIpc) is 2.85. The van der Waals surface area contributed by atoms with E-state index in [9.17, 15) is 18.0 Å². The van der Waals surface area contributed by atoms with Crippen LogP contribution in [0.15, 0.2) is 54.6 Å². The van der Waals surface area contributed by atoms with Gasteiger partial charge in [-0.1, -0.05) is 50.1 Å². The third kappa shape index (κ3) is 5.76. The SMILES string of the molecule is CCOCc1ccc(C(=O)Oc2ccc(-c3ccc(C4CCC(C)CC4)c(F)c3F)cc2)c(F)c1. The fourth-order valence-electron chi connectivity index (χ4n) is 4.57. The van der Waals surface area contributed by atoms with Crippen LogP contribution in [0.4, 0.5) is 13.2 Å². The highest BCUT2D eigenvalue weighted by Crippen LogP contribution is 2.38. The lowest BCUT2D eigenvalue weighted by Crippen LogP contribution is -2.13. The third-order valence-electron chi connectivity index (χ3n) is 6.67. The van der Waals surface area contributed by atoms with Gasteiger partial charge in [-0.3, -0.25) is 0 Å². The second-order valence-electron chi connectivity index (χ2n) is 9.15. The Hall–Kier alpha value is -3.12. The van der Waals surface area contributed by atoms with E-state index in [-0.39, 0.29) is 29.4 Å². The van der Waals surface area contributed by atoms with Gasteiger partial charge in [0.15, 0.2) is 11.6 Å². The third-order valence-corrected chi connectivity index (χ3v) is 6.67. The maximum atomic E-state index is 15.0. The molecule has 0 heterocycles. The standard InChI is InChI=1S/C29H29F3O3/c1-3-34-17-19-6-13-25(26(30)16-19)29(33)35-22-11-9-21(10-12-22)24-15-14-23(27(31)28(24)32)20-7-4-18(2)5-8-20/h6,9-16,18,20H,3-5,7-8,17H2,1-2H3. The normalized spacial score (nSPS) is 17.9. The highest BCUT2D eigenvalue weighted by molar-refractivity contribution is 5.91. The summed E-state index contributed by atoms with van der Waals surface area (Å²) >= 11 is 0. The van der Waals surface area contributed by atoms with E-state index in [2.05, 4.69) is 6.92 Å². The highest BCUT2D eigenvalue weighted by atomic mass is 19.2. The molecule has 1 aliphatic rings. The Morgan fingerprint density at radius 3 is 2.29 bits per heavy atom. The molecule has 6 heteroatoms. The van der Waals surface area contributed by atoms with Crippen molar-refractivity contribution in [2.45, 2.75) is 52.1 Å². The summed E-state index contributed by atoms with van der Waals surface area (Å²) in [7, 11) is 0. The quantitative estimate of drug-likeness (QED) is 0.254. The van der Waals surface area contributed by atoms with Crippen LogP contribution >= 0.6 is 0 Å². The Kier molecular flexibility index (Phi) is 7.91. The van der Waals surface area contributed by atoms with Crippen LogP contribution in [-0.2, 0) is 11.3 Å². The molecule has 0 saturated heterocycles. The van der Waals surface area contributed by atoms with Crippen molar-refractivity contribution in [3.05, 3.63) is 88.7 Å². The van der Waals surface area contributed by atoms with Crippen molar-refractivity contribution in [1.29, 1.82) is 0 Å². The van der Waals surface area contributed by atoms with Crippen molar-refractivity contribution in [3.63, 3.8) is 0 Å². The molecule has 0 amide bonds. The fraction of sp³-hybridized carbons (Fsp3) is 0.345. The van der Waals surface area contributed by atoms with E-state index < -0.39 is 23.4 Å². The Morgan fingerprint density at radius 2 is 1.63 bits per heavy atom. The minimum Gasteiger partial charge on any atom is -0.423 e. The van der Waals surface area contributed by atoms with Crippen molar-refractivity contribution in [1.82, 2.24) is 0 Å². The smallest absolute Gasteiger partial charge is 0.346 e. The summed E-state index contributed by atoms with van der Waals surface area (Å²) in [6, 6.07) is 13.5. The van der Waals surface area contributed by atoms with Crippen molar-refractivity contribution >= 4 is 5.97 Å².